The summed E-state index contributed by atoms with van der Waals surface area (Å²) in [5.41, 5.74) is 0.343. The minimum absolute atomic E-state index is 0.140. The Hall–Kier alpha value is -0.970. The Morgan fingerprint density at radius 1 is 1.35 bits per heavy atom. The molecule has 0 fully saturated rings. The minimum Gasteiger partial charge on any atom is -0.494 e. The highest BCUT2D eigenvalue weighted by atomic mass is 79.9. The molecule has 5 heteroatoms. The molecular weight excluding hydrogens is 294 g/mol. The molecule has 0 saturated heterocycles. The number of hydrogen-bond acceptors (Lipinski definition) is 2. The molecule has 1 atom stereocenters. The maximum Gasteiger partial charge on any atom is 0.263 e. The van der Waals surface area contributed by atoms with Gasteiger partial charge in [0.1, 0.15) is 11.5 Å². The number of halogens is 3. The lowest BCUT2D eigenvalue weighted by Gasteiger charge is -2.12. The van der Waals surface area contributed by atoms with Gasteiger partial charge in [0.15, 0.2) is 0 Å². The van der Waals surface area contributed by atoms with Crippen molar-refractivity contribution in [2.45, 2.75) is 25.1 Å². The minimum atomic E-state index is -2.58. The van der Waals surface area contributed by atoms with E-state index >= 15 is 0 Å². The fraction of sp³-hybridized carbons (Fsp3) is 0.417. The van der Waals surface area contributed by atoms with Gasteiger partial charge in [-0.1, -0.05) is 15.9 Å². The number of rotatable bonds is 5. The van der Waals surface area contributed by atoms with Crippen LogP contribution in [0.5, 0.6) is 5.75 Å². The molecule has 0 amide bonds. The largest absolute Gasteiger partial charge is 0.494 e. The first kappa shape index (κ1) is 14.1. The normalized spacial score (nSPS) is 12.6. The third-order valence-corrected chi connectivity index (χ3v) is 3.34. The van der Waals surface area contributed by atoms with Crippen LogP contribution in [0.4, 0.5) is 8.78 Å². The Morgan fingerprint density at radius 2 is 1.94 bits per heavy atom. The van der Waals surface area contributed by atoms with E-state index in [2.05, 4.69) is 15.9 Å². The second-order valence-electron chi connectivity index (χ2n) is 3.54. The number of benzene rings is 1. The molecule has 17 heavy (non-hydrogen) atoms. The molecule has 0 aliphatic heterocycles. The zero-order valence-corrected chi connectivity index (χ0v) is 11.1. The fourth-order valence-electron chi connectivity index (χ4n) is 1.40. The van der Waals surface area contributed by atoms with Crippen molar-refractivity contribution in [1.82, 2.24) is 0 Å². The Kier molecular flexibility index (Phi) is 5.05. The van der Waals surface area contributed by atoms with E-state index in [1.54, 1.807) is 13.0 Å². The van der Waals surface area contributed by atoms with Gasteiger partial charge in [0.05, 0.1) is 11.4 Å². The quantitative estimate of drug-likeness (QED) is 0.767. The van der Waals surface area contributed by atoms with Gasteiger partial charge in [-0.2, -0.15) is 0 Å². The van der Waals surface area contributed by atoms with Gasteiger partial charge in [-0.05, 0) is 37.6 Å². The van der Waals surface area contributed by atoms with Crippen LogP contribution in [0.25, 0.3) is 0 Å². The van der Waals surface area contributed by atoms with Gasteiger partial charge >= 0.3 is 0 Å². The van der Waals surface area contributed by atoms with Crippen LogP contribution in [0.15, 0.2) is 18.2 Å². The monoisotopic (exact) mass is 306 g/mol. The molecule has 94 valence electrons. The number of Topliss-reactive ketones (excluding diaryl/α,β-unsaturated/α-hetero) is 1. The second kappa shape index (κ2) is 6.10. The van der Waals surface area contributed by atoms with Gasteiger partial charge < -0.3 is 4.74 Å². The van der Waals surface area contributed by atoms with Gasteiger partial charge in [-0.25, -0.2) is 8.78 Å². The number of ketones is 1. The van der Waals surface area contributed by atoms with Crippen molar-refractivity contribution < 1.29 is 18.3 Å². The number of ether oxygens (including phenoxy) is 1. The lowest BCUT2D eigenvalue weighted by atomic mass is 10.1. The van der Waals surface area contributed by atoms with Crippen LogP contribution in [0.2, 0.25) is 0 Å². The molecule has 0 aliphatic rings. The summed E-state index contributed by atoms with van der Waals surface area (Å²) in [6.07, 6.45) is -2.58. The smallest absolute Gasteiger partial charge is 0.263 e. The van der Waals surface area contributed by atoms with Crippen molar-refractivity contribution in [3.05, 3.63) is 29.3 Å². The summed E-state index contributed by atoms with van der Waals surface area (Å²) in [6, 6.07) is 4.20. The second-order valence-corrected chi connectivity index (χ2v) is 4.46. The van der Waals surface area contributed by atoms with E-state index in [-0.39, 0.29) is 11.3 Å². The highest BCUT2D eigenvalue weighted by molar-refractivity contribution is 9.09. The Bertz CT molecular complexity index is 407. The van der Waals surface area contributed by atoms with Crippen LogP contribution in [0, 0.1) is 0 Å². The van der Waals surface area contributed by atoms with Gasteiger partial charge in [-0.3, -0.25) is 4.79 Å². The maximum atomic E-state index is 12.7. The van der Waals surface area contributed by atoms with Crippen LogP contribution < -0.4 is 4.74 Å². The molecule has 0 heterocycles. The number of alkyl halides is 3. The first-order chi connectivity index (χ1) is 7.95. The van der Waals surface area contributed by atoms with E-state index in [0.29, 0.717) is 17.9 Å². The maximum absolute atomic E-state index is 12.7. The van der Waals surface area contributed by atoms with E-state index < -0.39 is 11.3 Å². The molecule has 2 nitrogen and oxygen atoms in total. The fourth-order valence-corrected chi connectivity index (χ4v) is 1.67. The van der Waals surface area contributed by atoms with Gasteiger partial charge in [0.25, 0.3) is 6.43 Å². The lowest BCUT2D eigenvalue weighted by molar-refractivity contribution is -0.116. The summed E-state index contributed by atoms with van der Waals surface area (Å²) < 4.78 is 30.6. The zero-order valence-electron chi connectivity index (χ0n) is 9.54. The van der Waals surface area contributed by atoms with Gasteiger partial charge in [0.2, 0.25) is 0 Å². The SMILES string of the molecule is CCOc1cc(C(F)F)cc(C(Br)C(C)=O)c1. The van der Waals surface area contributed by atoms with Crippen LogP contribution in [0.1, 0.15) is 36.2 Å². The summed E-state index contributed by atoms with van der Waals surface area (Å²) in [5, 5.41) is 0. The third-order valence-electron chi connectivity index (χ3n) is 2.16. The van der Waals surface area contributed by atoms with Crippen molar-refractivity contribution >= 4 is 21.7 Å². The predicted molar refractivity (Wildman–Crippen MR) is 64.9 cm³/mol. The average Bonchev–Trinajstić information content (AvgIpc) is 2.27. The summed E-state index contributed by atoms with van der Waals surface area (Å²) in [5.74, 6) is 0.213. The summed E-state index contributed by atoms with van der Waals surface area (Å²) in [6.45, 7) is 3.55. The molecule has 1 aromatic carbocycles. The van der Waals surface area contributed by atoms with E-state index in [1.165, 1.54) is 19.1 Å². The van der Waals surface area contributed by atoms with Crippen LogP contribution in [-0.4, -0.2) is 12.4 Å². The van der Waals surface area contributed by atoms with Crippen LogP contribution in [0.3, 0.4) is 0 Å². The van der Waals surface area contributed by atoms with Crippen molar-refractivity contribution in [3.63, 3.8) is 0 Å². The van der Waals surface area contributed by atoms with Crippen molar-refractivity contribution in [2.75, 3.05) is 6.61 Å². The first-order valence-electron chi connectivity index (χ1n) is 5.16. The standard InChI is InChI=1S/C12H13BrF2O2/c1-3-17-10-5-8(11(13)7(2)16)4-9(6-10)12(14)15/h4-6,11-12H,3H2,1-2H3. The van der Waals surface area contributed by atoms with Gasteiger partial charge in [0, 0.05) is 5.56 Å². The highest BCUT2D eigenvalue weighted by Crippen LogP contribution is 2.32. The van der Waals surface area contributed by atoms with E-state index in [0.717, 1.165) is 0 Å². The average molecular weight is 307 g/mol. The molecule has 0 aromatic heterocycles. The molecule has 1 aromatic rings. The number of carbonyl (C=O) groups excluding carboxylic acids is 1. The third kappa shape index (κ3) is 3.77. The topological polar surface area (TPSA) is 26.3 Å². The molecule has 0 N–H and O–H groups in total. The van der Waals surface area contributed by atoms with E-state index in [4.69, 9.17) is 4.74 Å². The molecule has 0 saturated carbocycles. The molecule has 0 spiro atoms. The zero-order chi connectivity index (χ0) is 13.0. The Morgan fingerprint density at radius 3 is 2.41 bits per heavy atom. The van der Waals surface area contributed by atoms with Crippen molar-refractivity contribution in [3.8, 4) is 5.75 Å². The molecule has 0 bridgehead atoms. The first-order valence-corrected chi connectivity index (χ1v) is 6.07. The lowest BCUT2D eigenvalue weighted by Crippen LogP contribution is -2.03. The van der Waals surface area contributed by atoms with Crippen molar-refractivity contribution in [2.24, 2.45) is 0 Å². The number of hydrogen-bond donors (Lipinski definition) is 0. The molecular formula is C12H13BrF2O2. The van der Waals surface area contributed by atoms with Crippen LogP contribution in [-0.2, 0) is 4.79 Å². The Labute approximate surface area is 107 Å². The Balaban J connectivity index is 3.16. The molecule has 0 aliphatic carbocycles. The molecule has 0 radical (unpaired) electrons. The summed E-state index contributed by atoms with van der Waals surface area (Å²) in [7, 11) is 0. The van der Waals surface area contributed by atoms with Crippen LogP contribution >= 0.6 is 15.9 Å². The van der Waals surface area contributed by atoms with Crippen molar-refractivity contribution in [1.29, 1.82) is 0 Å². The van der Waals surface area contributed by atoms with Gasteiger partial charge in [-0.15, -0.1) is 0 Å². The molecule has 1 rings (SSSR count). The van der Waals surface area contributed by atoms with E-state index in [9.17, 15) is 13.6 Å². The predicted octanol–water partition coefficient (Wildman–Crippen LogP) is 4.05. The summed E-state index contributed by atoms with van der Waals surface area (Å²) in [4.78, 5) is 10.6. The molecule has 1 unspecified atom stereocenters. The summed E-state index contributed by atoms with van der Waals surface area (Å²) >= 11 is 3.17. The highest BCUT2D eigenvalue weighted by Gasteiger charge is 2.17. The van der Waals surface area contributed by atoms with E-state index in [1.807, 2.05) is 0 Å². The number of carbonyl (C=O) groups is 1.